The topological polar surface area (TPSA) is 70.4 Å². The van der Waals surface area contributed by atoms with Crippen LogP contribution in [0.15, 0.2) is 54.6 Å². The minimum absolute atomic E-state index is 0.282. The maximum absolute atomic E-state index is 12.5. The number of hydrogen-bond donors (Lipinski definition) is 0. The van der Waals surface area contributed by atoms with Gasteiger partial charge in [0.25, 0.3) is 0 Å². The predicted octanol–water partition coefficient (Wildman–Crippen LogP) is 5.10. The minimum Gasteiger partial charge on any atom is -0.497 e. The van der Waals surface area contributed by atoms with Gasteiger partial charge in [0, 0.05) is 16.0 Å². The molecule has 30 heavy (non-hydrogen) atoms. The van der Waals surface area contributed by atoms with Crippen LogP contribution < -0.4 is 4.74 Å². The van der Waals surface area contributed by atoms with Crippen molar-refractivity contribution >= 4 is 44.9 Å². The number of thiophene rings is 1. The Labute approximate surface area is 181 Å². The molecule has 0 saturated heterocycles. The Hall–Kier alpha value is -3.16. The summed E-state index contributed by atoms with van der Waals surface area (Å²) in [4.78, 5) is 26.0. The van der Waals surface area contributed by atoms with Crippen LogP contribution in [0.3, 0.4) is 0 Å². The molecule has 0 bridgehead atoms. The average Bonchev–Trinajstić information content (AvgIpc) is 3.33. The monoisotopic (exact) mass is 440 g/mol. The van der Waals surface area contributed by atoms with Crippen LogP contribution >= 0.6 is 22.9 Å². The number of rotatable bonds is 6. The van der Waals surface area contributed by atoms with E-state index in [0.29, 0.717) is 21.2 Å². The second-order valence-corrected chi connectivity index (χ2v) is 8.00. The summed E-state index contributed by atoms with van der Waals surface area (Å²) in [5.74, 6) is -0.172. The molecule has 0 amide bonds. The molecule has 0 unspecified atom stereocenters. The second-order valence-electron chi connectivity index (χ2n) is 6.53. The van der Waals surface area contributed by atoms with Crippen molar-refractivity contribution in [3.8, 4) is 11.4 Å². The van der Waals surface area contributed by atoms with Gasteiger partial charge in [0.05, 0.1) is 18.5 Å². The van der Waals surface area contributed by atoms with E-state index in [1.54, 1.807) is 54.3 Å². The van der Waals surface area contributed by atoms with Crippen LogP contribution in [0.1, 0.15) is 25.7 Å². The van der Waals surface area contributed by atoms with E-state index in [0.717, 1.165) is 21.6 Å². The summed E-state index contributed by atoms with van der Waals surface area (Å²) in [6.07, 6.45) is 0. The molecule has 2 aromatic carbocycles. The molecular formula is C22H17ClN2O4S. The van der Waals surface area contributed by atoms with E-state index in [-0.39, 0.29) is 12.4 Å². The highest BCUT2D eigenvalue weighted by Gasteiger charge is 2.19. The minimum atomic E-state index is -0.542. The van der Waals surface area contributed by atoms with Gasteiger partial charge in [-0.3, -0.25) is 4.79 Å². The van der Waals surface area contributed by atoms with E-state index in [1.165, 1.54) is 11.3 Å². The molecule has 0 aliphatic carbocycles. The van der Waals surface area contributed by atoms with Gasteiger partial charge < -0.3 is 9.47 Å². The molecule has 0 aliphatic heterocycles. The number of fused-ring (bicyclic) bond motifs is 1. The number of Topliss-reactive ketones (excluding diaryl/α,β-unsaturated/α-hetero) is 1. The molecule has 6 nitrogen and oxygen atoms in total. The SMILES string of the molecule is COc1ccc(C(=O)COC(=O)c2cc3c(C)nn(-c4ccc(Cl)cc4)c3s2)cc1. The second kappa shape index (κ2) is 8.30. The third kappa shape index (κ3) is 3.94. The smallest absolute Gasteiger partial charge is 0.348 e. The first-order valence-electron chi connectivity index (χ1n) is 9.06. The lowest BCUT2D eigenvalue weighted by molar-refractivity contribution is 0.0479. The summed E-state index contributed by atoms with van der Waals surface area (Å²) in [5.41, 5.74) is 2.09. The Kier molecular flexibility index (Phi) is 5.57. The molecule has 2 heterocycles. The number of carbonyl (C=O) groups excluding carboxylic acids is 2. The summed E-state index contributed by atoms with van der Waals surface area (Å²) in [6, 6.07) is 15.7. The van der Waals surface area contributed by atoms with Crippen LogP contribution in [0.2, 0.25) is 5.02 Å². The molecule has 0 N–H and O–H groups in total. The van der Waals surface area contributed by atoms with Crippen molar-refractivity contribution in [2.45, 2.75) is 6.92 Å². The number of esters is 1. The summed E-state index contributed by atoms with van der Waals surface area (Å²) in [5, 5.41) is 6.04. The van der Waals surface area contributed by atoms with Crippen LogP contribution in [-0.2, 0) is 4.74 Å². The van der Waals surface area contributed by atoms with Crippen molar-refractivity contribution in [2.75, 3.05) is 13.7 Å². The number of methoxy groups -OCH3 is 1. The maximum Gasteiger partial charge on any atom is 0.348 e. The van der Waals surface area contributed by atoms with Crippen LogP contribution in [-0.4, -0.2) is 35.2 Å². The number of nitrogens with zero attached hydrogens (tertiary/aromatic N) is 2. The number of ketones is 1. The van der Waals surface area contributed by atoms with Gasteiger partial charge >= 0.3 is 5.97 Å². The number of carbonyl (C=O) groups is 2. The Bertz CT molecular complexity index is 1230. The van der Waals surface area contributed by atoms with Gasteiger partial charge in [0.1, 0.15) is 15.5 Å². The van der Waals surface area contributed by atoms with Gasteiger partial charge in [-0.1, -0.05) is 11.6 Å². The molecule has 0 fully saturated rings. The van der Waals surface area contributed by atoms with Gasteiger partial charge in [-0.2, -0.15) is 5.10 Å². The van der Waals surface area contributed by atoms with Gasteiger partial charge in [0.2, 0.25) is 0 Å². The van der Waals surface area contributed by atoms with E-state index in [4.69, 9.17) is 21.1 Å². The van der Waals surface area contributed by atoms with Crippen LogP contribution in [0, 0.1) is 6.92 Å². The number of aromatic nitrogens is 2. The standard InChI is InChI=1S/C22H17ClN2O4S/c1-13-18-11-20(30-21(18)25(24-13)16-7-5-15(23)6-8-16)22(27)29-12-19(26)14-3-9-17(28-2)10-4-14/h3-11H,12H2,1-2H3. The highest BCUT2D eigenvalue weighted by atomic mass is 35.5. The van der Waals surface area contributed by atoms with E-state index < -0.39 is 5.97 Å². The maximum atomic E-state index is 12.5. The zero-order valence-corrected chi connectivity index (χ0v) is 17.8. The fourth-order valence-corrected chi connectivity index (χ4v) is 4.17. The molecule has 8 heteroatoms. The first-order chi connectivity index (χ1) is 14.5. The summed E-state index contributed by atoms with van der Waals surface area (Å²) < 4.78 is 12.1. The quantitative estimate of drug-likeness (QED) is 0.308. The fraction of sp³-hybridized carbons (Fsp3) is 0.136. The largest absolute Gasteiger partial charge is 0.497 e. The summed E-state index contributed by atoms with van der Waals surface area (Å²) in [6.45, 7) is 1.55. The molecular weight excluding hydrogens is 424 g/mol. The van der Waals surface area contributed by atoms with Gasteiger partial charge in [0.15, 0.2) is 12.4 Å². The zero-order valence-electron chi connectivity index (χ0n) is 16.2. The Morgan fingerprint density at radius 1 is 1.10 bits per heavy atom. The van der Waals surface area contributed by atoms with E-state index >= 15 is 0 Å². The zero-order chi connectivity index (χ0) is 21.3. The number of benzene rings is 2. The van der Waals surface area contributed by atoms with Crippen molar-refractivity contribution in [2.24, 2.45) is 0 Å². The fourth-order valence-electron chi connectivity index (χ4n) is 2.97. The number of hydrogen-bond acceptors (Lipinski definition) is 6. The van der Waals surface area contributed by atoms with Crippen LogP contribution in [0.5, 0.6) is 5.75 Å². The number of aryl methyl sites for hydroxylation is 1. The lowest BCUT2D eigenvalue weighted by atomic mass is 10.1. The van der Waals surface area contributed by atoms with E-state index in [1.807, 2.05) is 19.1 Å². The lowest BCUT2D eigenvalue weighted by Gasteiger charge is -2.04. The normalized spacial score (nSPS) is 10.9. The predicted molar refractivity (Wildman–Crippen MR) is 116 cm³/mol. The Morgan fingerprint density at radius 3 is 2.47 bits per heavy atom. The molecule has 152 valence electrons. The highest BCUT2D eigenvalue weighted by molar-refractivity contribution is 7.20. The molecule has 0 aliphatic rings. The lowest BCUT2D eigenvalue weighted by Crippen LogP contribution is -2.13. The van der Waals surface area contributed by atoms with Crippen LogP contribution in [0.25, 0.3) is 15.9 Å². The molecule has 4 aromatic rings. The highest BCUT2D eigenvalue weighted by Crippen LogP contribution is 2.31. The first kappa shape index (κ1) is 20.1. The number of halogens is 1. The van der Waals surface area contributed by atoms with Gasteiger partial charge in [-0.25, -0.2) is 9.48 Å². The molecule has 0 spiro atoms. The van der Waals surface area contributed by atoms with Gasteiger partial charge in [-0.05, 0) is 61.5 Å². The first-order valence-corrected chi connectivity index (χ1v) is 10.2. The third-order valence-corrected chi connectivity index (χ3v) is 5.91. The molecule has 4 rings (SSSR count). The van der Waals surface area contributed by atoms with E-state index in [9.17, 15) is 9.59 Å². The molecule has 0 saturated carbocycles. The van der Waals surface area contributed by atoms with Crippen molar-refractivity contribution in [1.29, 1.82) is 0 Å². The summed E-state index contributed by atoms with van der Waals surface area (Å²) in [7, 11) is 1.55. The molecule has 0 radical (unpaired) electrons. The van der Waals surface area contributed by atoms with Gasteiger partial charge in [-0.15, -0.1) is 11.3 Å². The number of ether oxygens (including phenoxy) is 2. The van der Waals surface area contributed by atoms with Crippen molar-refractivity contribution in [3.63, 3.8) is 0 Å². The summed E-state index contributed by atoms with van der Waals surface area (Å²) >= 11 is 7.24. The molecule has 0 atom stereocenters. The van der Waals surface area contributed by atoms with E-state index in [2.05, 4.69) is 5.10 Å². The van der Waals surface area contributed by atoms with Crippen molar-refractivity contribution < 1.29 is 19.1 Å². The Morgan fingerprint density at radius 2 is 1.80 bits per heavy atom. The van der Waals surface area contributed by atoms with Crippen molar-refractivity contribution in [3.05, 3.63) is 75.8 Å². The van der Waals surface area contributed by atoms with Crippen LogP contribution in [0.4, 0.5) is 0 Å². The average molecular weight is 441 g/mol. The third-order valence-electron chi connectivity index (χ3n) is 4.56. The molecule has 2 aromatic heterocycles. The Balaban J connectivity index is 1.51. The van der Waals surface area contributed by atoms with Crippen molar-refractivity contribution in [1.82, 2.24) is 9.78 Å².